The minimum Gasteiger partial charge on any atom is -0.509 e. The van der Waals surface area contributed by atoms with E-state index in [0.717, 1.165) is 50.5 Å². The standard InChI is InChI=1S/C42H36N5O.Pt/c1-27-21-28(2)40(29(3)22-27)46-26-45(41-37(46)15-10-19-44-41)31-11-9-12-32(24-31)48-33-16-17-35-34-13-7-8-14-36(34)47(38(35)25-33)39-23-30(18-20-43-39)42(4,5)6;/h7-23,26H,1-6H3;/q-3;. The third-order valence-corrected chi connectivity index (χ3v) is 8.99. The van der Waals surface area contributed by atoms with Gasteiger partial charge in [-0.2, -0.15) is 12.1 Å². The van der Waals surface area contributed by atoms with Gasteiger partial charge in [-0.05, 0) is 78.6 Å². The molecule has 248 valence electrons. The van der Waals surface area contributed by atoms with Gasteiger partial charge in [-0.1, -0.05) is 67.9 Å². The van der Waals surface area contributed by atoms with E-state index in [1.165, 1.54) is 22.3 Å². The zero-order chi connectivity index (χ0) is 33.2. The third kappa shape index (κ3) is 5.78. The van der Waals surface area contributed by atoms with Crippen LogP contribution in [-0.4, -0.2) is 14.5 Å². The summed E-state index contributed by atoms with van der Waals surface area (Å²) in [7, 11) is 0. The minimum absolute atomic E-state index is 0. The summed E-state index contributed by atoms with van der Waals surface area (Å²) in [6.45, 7) is 15.2. The Kier molecular flexibility index (Phi) is 8.32. The minimum atomic E-state index is -0.00703. The number of fused-ring (bicyclic) bond motifs is 4. The molecule has 0 aliphatic carbocycles. The number of benzene rings is 4. The Labute approximate surface area is 302 Å². The van der Waals surface area contributed by atoms with E-state index in [1.54, 1.807) is 0 Å². The van der Waals surface area contributed by atoms with Crippen LogP contribution in [0.4, 0.5) is 22.9 Å². The largest absolute Gasteiger partial charge is 0.509 e. The first-order valence-corrected chi connectivity index (χ1v) is 16.2. The van der Waals surface area contributed by atoms with Crippen LogP contribution in [0.2, 0.25) is 0 Å². The predicted molar refractivity (Wildman–Crippen MR) is 195 cm³/mol. The topological polar surface area (TPSA) is 46.4 Å². The molecule has 4 heterocycles. The monoisotopic (exact) mass is 821 g/mol. The van der Waals surface area contributed by atoms with E-state index in [9.17, 15) is 0 Å². The number of aryl methyl sites for hydroxylation is 3. The van der Waals surface area contributed by atoms with Crippen LogP contribution >= 0.6 is 0 Å². The SMILES string of the molecule is Cc1cc(C)c(N2[CH-]N(c3[c-]c(Oc4[c-]c5c(cc4)c4ccccc4n5-c4cc(C(C)(C)C)ccn4)ccc3)c3ncccc32)c(C)c1.[Pt]. The summed E-state index contributed by atoms with van der Waals surface area (Å²) in [5.41, 5.74) is 9.88. The fourth-order valence-corrected chi connectivity index (χ4v) is 6.83. The number of pyridine rings is 2. The van der Waals surface area contributed by atoms with Crippen molar-refractivity contribution >= 4 is 44.7 Å². The quantitative estimate of drug-likeness (QED) is 0.162. The third-order valence-electron chi connectivity index (χ3n) is 8.99. The Hall–Kier alpha value is -4.93. The van der Waals surface area contributed by atoms with Crippen LogP contribution in [0.5, 0.6) is 11.5 Å². The molecule has 7 aromatic rings. The van der Waals surface area contributed by atoms with E-state index in [4.69, 9.17) is 14.7 Å². The summed E-state index contributed by atoms with van der Waals surface area (Å²) in [5, 5.41) is 2.24. The van der Waals surface area contributed by atoms with Crippen molar-refractivity contribution in [2.45, 2.75) is 47.0 Å². The molecule has 3 aromatic heterocycles. The molecule has 49 heavy (non-hydrogen) atoms. The van der Waals surface area contributed by atoms with E-state index in [1.807, 2.05) is 42.7 Å². The summed E-state index contributed by atoms with van der Waals surface area (Å²) >= 11 is 0. The van der Waals surface area contributed by atoms with Gasteiger partial charge in [0.1, 0.15) is 11.6 Å². The first kappa shape index (κ1) is 32.6. The van der Waals surface area contributed by atoms with Gasteiger partial charge in [0.15, 0.2) is 0 Å². The number of hydrogen-bond acceptors (Lipinski definition) is 5. The second-order valence-corrected chi connectivity index (χ2v) is 13.5. The van der Waals surface area contributed by atoms with Gasteiger partial charge in [-0.3, -0.25) is 0 Å². The first-order valence-electron chi connectivity index (χ1n) is 16.2. The molecular weight excluding hydrogens is 786 g/mol. The van der Waals surface area contributed by atoms with Gasteiger partial charge in [0.05, 0.1) is 5.69 Å². The molecule has 4 aromatic carbocycles. The Morgan fingerprint density at radius 1 is 0.714 bits per heavy atom. The number of ether oxygens (including phenoxy) is 1. The Bertz CT molecular complexity index is 2330. The van der Waals surface area contributed by atoms with Gasteiger partial charge in [0.2, 0.25) is 0 Å². The van der Waals surface area contributed by atoms with Crippen LogP contribution in [0.1, 0.15) is 43.0 Å². The number of para-hydroxylation sites is 1. The molecule has 6 nitrogen and oxygen atoms in total. The van der Waals surface area contributed by atoms with Gasteiger partial charge in [-0.15, -0.1) is 42.4 Å². The van der Waals surface area contributed by atoms with Crippen LogP contribution < -0.4 is 14.5 Å². The average molecular weight is 822 g/mol. The molecule has 1 aliphatic rings. The number of anilines is 4. The van der Waals surface area contributed by atoms with Crippen LogP contribution in [0.3, 0.4) is 0 Å². The summed E-state index contributed by atoms with van der Waals surface area (Å²) in [4.78, 5) is 13.9. The van der Waals surface area contributed by atoms with E-state index < -0.39 is 0 Å². The molecule has 8 rings (SSSR count). The second-order valence-electron chi connectivity index (χ2n) is 13.5. The van der Waals surface area contributed by atoms with Crippen molar-refractivity contribution in [3.63, 3.8) is 0 Å². The van der Waals surface area contributed by atoms with Crippen molar-refractivity contribution in [2.75, 3.05) is 9.80 Å². The van der Waals surface area contributed by atoms with E-state index in [2.05, 4.69) is 135 Å². The molecule has 0 saturated heterocycles. The van der Waals surface area contributed by atoms with Crippen molar-refractivity contribution in [3.8, 4) is 17.3 Å². The summed E-state index contributed by atoms with van der Waals surface area (Å²) in [5.74, 6) is 2.89. The van der Waals surface area contributed by atoms with Gasteiger partial charge in [-0.25, -0.2) is 9.97 Å². The van der Waals surface area contributed by atoms with Gasteiger partial charge in [0.25, 0.3) is 0 Å². The summed E-state index contributed by atoms with van der Waals surface area (Å²) in [6, 6.07) is 38.3. The molecular formula is C42H36N5OPt-3. The summed E-state index contributed by atoms with van der Waals surface area (Å²) in [6.07, 6.45) is 3.72. The summed E-state index contributed by atoms with van der Waals surface area (Å²) < 4.78 is 8.66. The normalized spacial score (nSPS) is 12.8. The fourth-order valence-electron chi connectivity index (χ4n) is 6.83. The molecule has 7 heteroatoms. The maximum absolute atomic E-state index is 6.48. The molecule has 0 atom stereocenters. The first-order chi connectivity index (χ1) is 23.2. The Balaban J connectivity index is 0.00000378. The zero-order valence-electron chi connectivity index (χ0n) is 28.4. The maximum Gasteiger partial charge on any atom is 0.135 e. The van der Waals surface area contributed by atoms with E-state index >= 15 is 0 Å². The van der Waals surface area contributed by atoms with E-state index in [0.29, 0.717) is 11.5 Å². The molecule has 0 unspecified atom stereocenters. The Morgan fingerprint density at radius 3 is 2.29 bits per heavy atom. The average Bonchev–Trinajstić information content (AvgIpc) is 3.60. The van der Waals surface area contributed by atoms with Crippen molar-refractivity contribution in [1.82, 2.24) is 14.5 Å². The Morgan fingerprint density at radius 2 is 1.49 bits per heavy atom. The van der Waals surface area contributed by atoms with Crippen LogP contribution in [0, 0.1) is 39.6 Å². The molecule has 0 bridgehead atoms. The predicted octanol–water partition coefficient (Wildman–Crippen LogP) is 10.6. The molecule has 0 saturated carbocycles. The number of rotatable bonds is 5. The van der Waals surface area contributed by atoms with Crippen molar-refractivity contribution < 1.29 is 25.8 Å². The number of hydrogen-bond donors (Lipinski definition) is 0. The van der Waals surface area contributed by atoms with Crippen molar-refractivity contribution in [1.29, 1.82) is 0 Å². The smallest absolute Gasteiger partial charge is 0.135 e. The zero-order valence-corrected chi connectivity index (χ0v) is 30.6. The van der Waals surface area contributed by atoms with Crippen molar-refractivity contribution in [2.24, 2.45) is 0 Å². The molecule has 0 amide bonds. The number of nitrogens with zero attached hydrogens (tertiary/aromatic N) is 5. The van der Waals surface area contributed by atoms with Gasteiger partial charge < -0.3 is 19.1 Å². The van der Waals surface area contributed by atoms with Gasteiger partial charge >= 0.3 is 0 Å². The number of aromatic nitrogens is 3. The molecule has 1 aliphatic heterocycles. The molecule has 0 fully saturated rings. The van der Waals surface area contributed by atoms with E-state index in [-0.39, 0.29) is 26.5 Å². The molecule has 0 N–H and O–H groups in total. The van der Waals surface area contributed by atoms with Crippen LogP contribution in [0.15, 0.2) is 103 Å². The van der Waals surface area contributed by atoms with Crippen molar-refractivity contribution in [3.05, 3.63) is 144 Å². The molecule has 0 radical (unpaired) electrons. The van der Waals surface area contributed by atoms with Gasteiger partial charge in [0, 0.05) is 56.2 Å². The maximum atomic E-state index is 6.48. The fraction of sp³-hybridized carbons (Fsp3) is 0.167. The molecule has 0 spiro atoms. The van der Waals surface area contributed by atoms with Crippen LogP contribution in [0.25, 0.3) is 27.6 Å². The second kappa shape index (κ2) is 12.5. The van der Waals surface area contributed by atoms with Crippen LogP contribution in [-0.2, 0) is 26.5 Å².